The van der Waals surface area contributed by atoms with Crippen LogP contribution in [-0.2, 0) is 11.3 Å². The first kappa shape index (κ1) is 17.7. The quantitative estimate of drug-likeness (QED) is 0.454. The molecule has 0 aliphatic heterocycles. The van der Waals surface area contributed by atoms with Crippen molar-refractivity contribution >= 4 is 5.96 Å². The molecule has 0 amide bonds. The highest BCUT2D eigenvalue weighted by atomic mass is 19.1. The zero-order chi connectivity index (χ0) is 16.7. The van der Waals surface area contributed by atoms with Crippen LogP contribution in [0, 0.1) is 11.2 Å². The highest BCUT2D eigenvalue weighted by molar-refractivity contribution is 5.79. The van der Waals surface area contributed by atoms with Gasteiger partial charge < -0.3 is 15.0 Å². The van der Waals surface area contributed by atoms with Gasteiger partial charge in [-0.2, -0.15) is 0 Å². The van der Waals surface area contributed by atoms with Gasteiger partial charge in [-0.3, -0.25) is 4.99 Å². The van der Waals surface area contributed by atoms with E-state index < -0.39 is 0 Å². The van der Waals surface area contributed by atoms with E-state index in [9.17, 15) is 4.39 Å². The number of guanidine groups is 1. The Morgan fingerprint density at radius 1 is 1.43 bits per heavy atom. The van der Waals surface area contributed by atoms with Crippen LogP contribution in [0.2, 0.25) is 0 Å². The number of ether oxygens (including phenoxy) is 1. The topological polar surface area (TPSA) is 36.9 Å². The lowest BCUT2D eigenvalue weighted by molar-refractivity contribution is 0.128. The molecular weight excluding hydrogens is 293 g/mol. The highest BCUT2D eigenvalue weighted by Crippen LogP contribution is 2.48. The lowest BCUT2D eigenvalue weighted by Crippen LogP contribution is -2.41. The molecule has 1 aliphatic carbocycles. The number of hydrogen-bond donors (Lipinski definition) is 1. The summed E-state index contributed by atoms with van der Waals surface area (Å²) in [5.74, 6) is 0.642. The van der Waals surface area contributed by atoms with Gasteiger partial charge in [0.25, 0.3) is 0 Å². The zero-order valence-electron chi connectivity index (χ0n) is 14.4. The minimum Gasteiger partial charge on any atom is -0.382 e. The second kappa shape index (κ2) is 8.29. The van der Waals surface area contributed by atoms with Gasteiger partial charge in [0, 0.05) is 40.4 Å². The third kappa shape index (κ3) is 5.50. The molecule has 0 atom stereocenters. The van der Waals surface area contributed by atoms with Crippen LogP contribution in [0.1, 0.15) is 31.7 Å². The van der Waals surface area contributed by atoms with Gasteiger partial charge in [-0.15, -0.1) is 0 Å². The fourth-order valence-electron chi connectivity index (χ4n) is 2.76. The van der Waals surface area contributed by atoms with Crippen LogP contribution in [-0.4, -0.2) is 44.7 Å². The van der Waals surface area contributed by atoms with Gasteiger partial charge in [-0.25, -0.2) is 4.39 Å². The summed E-state index contributed by atoms with van der Waals surface area (Å²) in [5, 5.41) is 3.46. The standard InChI is InChI=1S/C18H28FN3O/c1-4-23-11-10-18(8-9-18)14-21-17(20-2)22(3)13-15-6-5-7-16(19)12-15/h5-7,12H,4,8-11,13-14H2,1-3H3,(H,20,21). The third-order valence-electron chi connectivity index (χ3n) is 4.44. The summed E-state index contributed by atoms with van der Waals surface area (Å²) in [6.45, 7) is 5.18. The third-order valence-corrected chi connectivity index (χ3v) is 4.44. The van der Waals surface area contributed by atoms with Gasteiger partial charge in [0.15, 0.2) is 5.96 Å². The highest BCUT2D eigenvalue weighted by Gasteiger charge is 2.42. The molecule has 0 heterocycles. The largest absolute Gasteiger partial charge is 0.382 e. The van der Waals surface area contributed by atoms with E-state index in [-0.39, 0.29) is 5.82 Å². The number of hydrogen-bond acceptors (Lipinski definition) is 2. The molecule has 0 spiro atoms. The molecule has 2 rings (SSSR count). The lowest BCUT2D eigenvalue weighted by Gasteiger charge is -2.24. The van der Waals surface area contributed by atoms with Crippen LogP contribution in [0.25, 0.3) is 0 Å². The first-order chi connectivity index (χ1) is 11.1. The van der Waals surface area contributed by atoms with Crippen molar-refractivity contribution < 1.29 is 9.13 Å². The van der Waals surface area contributed by atoms with Crippen molar-refractivity contribution in [2.45, 2.75) is 32.7 Å². The molecule has 0 unspecified atom stereocenters. The molecule has 1 N–H and O–H groups in total. The Kier molecular flexibility index (Phi) is 6.39. The Labute approximate surface area is 138 Å². The molecule has 0 aromatic heterocycles. The molecular formula is C18H28FN3O. The Bertz CT molecular complexity index is 529. The van der Waals surface area contributed by atoms with Gasteiger partial charge in [0.1, 0.15) is 5.82 Å². The molecule has 1 aliphatic rings. The van der Waals surface area contributed by atoms with Crippen molar-refractivity contribution in [3.8, 4) is 0 Å². The summed E-state index contributed by atoms with van der Waals surface area (Å²) < 4.78 is 18.8. The molecule has 1 fully saturated rings. The molecule has 1 aromatic carbocycles. The first-order valence-electron chi connectivity index (χ1n) is 8.32. The van der Waals surface area contributed by atoms with E-state index in [0.29, 0.717) is 12.0 Å². The monoisotopic (exact) mass is 321 g/mol. The smallest absolute Gasteiger partial charge is 0.193 e. The second-order valence-corrected chi connectivity index (χ2v) is 6.33. The maximum Gasteiger partial charge on any atom is 0.193 e. The number of nitrogens with zero attached hydrogens (tertiary/aromatic N) is 2. The van der Waals surface area contributed by atoms with Gasteiger partial charge in [0.2, 0.25) is 0 Å². The van der Waals surface area contributed by atoms with E-state index in [1.165, 1.54) is 18.9 Å². The summed E-state index contributed by atoms with van der Waals surface area (Å²) in [7, 11) is 3.75. The minimum absolute atomic E-state index is 0.202. The Hall–Kier alpha value is -1.62. The number of rotatable bonds is 8. The van der Waals surface area contributed by atoms with E-state index in [2.05, 4.69) is 10.3 Å². The number of aliphatic imine (C=N–C) groups is 1. The van der Waals surface area contributed by atoms with Crippen molar-refractivity contribution in [2.24, 2.45) is 10.4 Å². The van der Waals surface area contributed by atoms with E-state index in [0.717, 1.165) is 37.7 Å². The second-order valence-electron chi connectivity index (χ2n) is 6.33. The summed E-state index contributed by atoms with van der Waals surface area (Å²) in [6.07, 6.45) is 3.59. The molecule has 0 saturated heterocycles. The molecule has 23 heavy (non-hydrogen) atoms. The SMILES string of the molecule is CCOCCC1(CNC(=NC)N(C)Cc2cccc(F)c2)CC1. The van der Waals surface area contributed by atoms with Crippen LogP contribution in [0.15, 0.2) is 29.3 Å². The molecule has 1 saturated carbocycles. The van der Waals surface area contributed by atoms with Gasteiger partial charge in [0.05, 0.1) is 0 Å². The van der Waals surface area contributed by atoms with E-state index in [1.54, 1.807) is 19.2 Å². The van der Waals surface area contributed by atoms with Crippen molar-refractivity contribution in [3.05, 3.63) is 35.6 Å². The molecule has 4 nitrogen and oxygen atoms in total. The van der Waals surface area contributed by atoms with Crippen LogP contribution in [0.5, 0.6) is 0 Å². The van der Waals surface area contributed by atoms with Crippen molar-refractivity contribution in [2.75, 3.05) is 33.9 Å². The first-order valence-corrected chi connectivity index (χ1v) is 8.32. The van der Waals surface area contributed by atoms with Crippen molar-refractivity contribution in [1.29, 1.82) is 0 Å². The van der Waals surface area contributed by atoms with Crippen LogP contribution in [0.3, 0.4) is 0 Å². The minimum atomic E-state index is -0.202. The van der Waals surface area contributed by atoms with Crippen molar-refractivity contribution in [3.63, 3.8) is 0 Å². The van der Waals surface area contributed by atoms with Gasteiger partial charge >= 0.3 is 0 Å². The summed E-state index contributed by atoms with van der Waals surface area (Å²) in [4.78, 5) is 6.36. The summed E-state index contributed by atoms with van der Waals surface area (Å²) in [6, 6.07) is 6.69. The normalized spacial score (nSPS) is 16.3. The fraction of sp³-hybridized carbons (Fsp3) is 0.611. The van der Waals surface area contributed by atoms with E-state index >= 15 is 0 Å². The van der Waals surface area contributed by atoms with E-state index in [1.807, 2.05) is 24.9 Å². The van der Waals surface area contributed by atoms with Crippen molar-refractivity contribution in [1.82, 2.24) is 10.2 Å². The average Bonchev–Trinajstić information content (AvgIpc) is 3.28. The predicted octanol–water partition coefficient (Wildman–Crippen LogP) is 3.04. The fourth-order valence-corrected chi connectivity index (χ4v) is 2.76. The predicted molar refractivity (Wildman–Crippen MR) is 92.0 cm³/mol. The zero-order valence-corrected chi connectivity index (χ0v) is 14.4. The lowest BCUT2D eigenvalue weighted by atomic mass is 10.0. The maximum absolute atomic E-state index is 13.3. The number of benzene rings is 1. The molecule has 0 bridgehead atoms. The van der Waals surface area contributed by atoms with Crippen LogP contribution in [0.4, 0.5) is 4.39 Å². The number of nitrogens with one attached hydrogen (secondary N) is 1. The van der Waals surface area contributed by atoms with Gasteiger partial charge in [-0.05, 0) is 49.3 Å². The summed E-state index contributed by atoms with van der Waals surface area (Å²) in [5.41, 5.74) is 1.30. The number of halogens is 1. The Morgan fingerprint density at radius 3 is 2.83 bits per heavy atom. The average molecular weight is 321 g/mol. The molecule has 0 radical (unpaired) electrons. The van der Waals surface area contributed by atoms with Gasteiger partial charge in [-0.1, -0.05) is 12.1 Å². The molecule has 1 aromatic rings. The molecule has 5 heteroatoms. The maximum atomic E-state index is 13.3. The van der Waals surface area contributed by atoms with E-state index in [4.69, 9.17) is 4.74 Å². The van der Waals surface area contributed by atoms with Crippen LogP contribution < -0.4 is 5.32 Å². The summed E-state index contributed by atoms with van der Waals surface area (Å²) >= 11 is 0. The van der Waals surface area contributed by atoms with Crippen LogP contribution >= 0.6 is 0 Å². The molecule has 128 valence electrons. The Morgan fingerprint density at radius 2 is 2.22 bits per heavy atom. The Balaban J connectivity index is 1.83.